The highest BCUT2D eigenvalue weighted by molar-refractivity contribution is 7.78. The molecule has 0 aliphatic rings. The third-order valence-corrected chi connectivity index (χ3v) is 2.12. The maximum atomic E-state index is 10.7. The molecule has 0 bridgehead atoms. The zero-order valence-corrected chi connectivity index (χ0v) is 8.50. The minimum atomic E-state index is -1.85. The first-order valence-corrected chi connectivity index (χ1v) is 5.29. The first-order valence-electron chi connectivity index (χ1n) is 4.02. The van der Waals surface area contributed by atoms with E-state index >= 15 is 0 Å². The molecular formula is C9H11NO3S. The van der Waals surface area contributed by atoms with Crippen LogP contribution in [0.1, 0.15) is 12.5 Å². The second kappa shape index (κ2) is 4.88. The highest BCUT2D eigenvalue weighted by atomic mass is 32.2. The molecule has 1 aromatic carbocycles. The summed E-state index contributed by atoms with van der Waals surface area (Å²) < 4.78 is 19.2. The maximum Gasteiger partial charge on any atom is 0.221 e. The van der Waals surface area contributed by atoms with Crippen molar-refractivity contribution < 1.29 is 13.6 Å². The number of hydrogen-bond donors (Lipinski definition) is 2. The van der Waals surface area contributed by atoms with Crippen LogP contribution in [0.4, 0.5) is 5.69 Å². The topological polar surface area (TPSA) is 66.4 Å². The van der Waals surface area contributed by atoms with Gasteiger partial charge in [-0.2, -0.15) is 0 Å². The summed E-state index contributed by atoms with van der Waals surface area (Å²) in [6.45, 7) is 1.41. The monoisotopic (exact) mass is 213 g/mol. The van der Waals surface area contributed by atoms with Crippen molar-refractivity contribution in [3.63, 3.8) is 0 Å². The lowest BCUT2D eigenvalue weighted by Crippen LogP contribution is -2.06. The summed E-state index contributed by atoms with van der Waals surface area (Å²) in [6, 6.07) is 6.87. The van der Waals surface area contributed by atoms with E-state index in [4.69, 9.17) is 4.55 Å². The SMILES string of the molecule is CC(=O)Nc1cccc(CS(=O)O)c1. The van der Waals surface area contributed by atoms with Gasteiger partial charge in [-0.1, -0.05) is 12.1 Å². The predicted octanol–water partition coefficient (Wildman–Crippen LogP) is 1.37. The molecule has 14 heavy (non-hydrogen) atoms. The fourth-order valence-corrected chi connectivity index (χ4v) is 1.55. The van der Waals surface area contributed by atoms with Crippen LogP contribution in [0, 0.1) is 0 Å². The van der Waals surface area contributed by atoms with Gasteiger partial charge in [-0.3, -0.25) is 4.79 Å². The van der Waals surface area contributed by atoms with E-state index < -0.39 is 11.1 Å². The summed E-state index contributed by atoms with van der Waals surface area (Å²) >= 11 is -1.85. The zero-order valence-electron chi connectivity index (χ0n) is 7.69. The van der Waals surface area contributed by atoms with Crippen molar-refractivity contribution >= 4 is 22.7 Å². The molecule has 1 aromatic rings. The van der Waals surface area contributed by atoms with Gasteiger partial charge in [0.25, 0.3) is 0 Å². The van der Waals surface area contributed by atoms with Crippen LogP contribution < -0.4 is 5.32 Å². The Morgan fingerprint density at radius 3 is 2.86 bits per heavy atom. The van der Waals surface area contributed by atoms with Crippen LogP contribution in [0.2, 0.25) is 0 Å². The number of carbonyl (C=O) groups is 1. The average Bonchev–Trinajstić information content (AvgIpc) is 2.01. The van der Waals surface area contributed by atoms with E-state index in [2.05, 4.69) is 5.32 Å². The van der Waals surface area contributed by atoms with Crippen LogP contribution in [-0.2, 0) is 21.6 Å². The third-order valence-electron chi connectivity index (χ3n) is 1.54. The summed E-state index contributed by atoms with van der Waals surface area (Å²) in [5.41, 5.74) is 1.36. The fourth-order valence-electron chi connectivity index (χ4n) is 1.08. The molecule has 1 unspecified atom stereocenters. The molecule has 0 fully saturated rings. The first kappa shape index (κ1) is 10.9. The summed E-state index contributed by atoms with van der Waals surface area (Å²) in [5, 5.41) is 2.60. The molecule has 0 spiro atoms. The Labute approximate surface area is 84.6 Å². The van der Waals surface area contributed by atoms with Crippen molar-refractivity contribution in [1.29, 1.82) is 0 Å². The van der Waals surface area contributed by atoms with Crippen molar-refractivity contribution in [3.8, 4) is 0 Å². The number of benzene rings is 1. The molecule has 0 saturated carbocycles. The van der Waals surface area contributed by atoms with Gasteiger partial charge in [0.2, 0.25) is 5.91 Å². The summed E-state index contributed by atoms with van der Waals surface area (Å²) in [7, 11) is 0. The van der Waals surface area contributed by atoms with Gasteiger partial charge < -0.3 is 9.87 Å². The Morgan fingerprint density at radius 2 is 2.29 bits per heavy atom. The van der Waals surface area contributed by atoms with Crippen molar-refractivity contribution in [1.82, 2.24) is 0 Å². The molecule has 0 aliphatic carbocycles. The largest absolute Gasteiger partial charge is 0.326 e. The molecule has 5 heteroatoms. The molecule has 0 saturated heterocycles. The van der Waals surface area contributed by atoms with E-state index in [1.165, 1.54) is 6.92 Å². The number of amides is 1. The van der Waals surface area contributed by atoms with Crippen LogP contribution in [0.15, 0.2) is 24.3 Å². The molecule has 0 aromatic heterocycles. The Balaban J connectivity index is 2.78. The zero-order chi connectivity index (χ0) is 10.6. The normalized spacial score (nSPS) is 12.1. The van der Waals surface area contributed by atoms with Crippen LogP contribution >= 0.6 is 0 Å². The van der Waals surface area contributed by atoms with Gasteiger partial charge in [0, 0.05) is 12.6 Å². The van der Waals surface area contributed by atoms with Crippen molar-refractivity contribution in [2.75, 3.05) is 5.32 Å². The molecule has 4 nitrogen and oxygen atoms in total. The second-order valence-corrected chi connectivity index (χ2v) is 3.78. The number of anilines is 1. The van der Waals surface area contributed by atoms with E-state index in [9.17, 15) is 9.00 Å². The minimum absolute atomic E-state index is 0.0768. The number of rotatable bonds is 3. The lowest BCUT2D eigenvalue weighted by Gasteiger charge is -2.03. The van der Waals surface area contributed by atoms with Crippen molar-refractivity contribution in [2.24, 2.45) is 0 Å². The Hall–Kier alpha value is -1.20. The van der Waals surface area contributed by atoms with Gasteiger partial charge in [-0.05, 0) is 17.7 Å². The average molecular weight is 213 g/mol. The van der Waals surface area contributed by atoms with E-state index in [0.717, 1.165) is 5.56 Å². The molecule has 0 heterocycles. The molecular weight excluding hydrogens is 202 g/mol. The predicted molar refractivity (Wildman–Crippen MR) is 55.2 cm³/mol. The summed E-state index contributed by atoms with van der Waals surface area (Å²) in [6.07, 6.45) is 0. The van der Waals surface area contributed by atoms with Crippen LogP contribution in [0.25, 0.3) is 0 Å². The third kappa shape index (κ3) is 3.68. The Morgan fingerprint density at radius 1 is 1.57 bits per heavy atom. The minimum Gasteiger partial charge on any atom is -0.326 e. The number of hydrogen-bond acceptors (Lipinski definition) is 2. The van der Waals surface area contributed by atoms with Gasteiger partial charge in [-0.15, -0.1) is 0 Å². The Bertz CT molecular complexity index is 334. The lowest BCUT2D eigenvalue weighted by atomic mass is 10.2. The van der Waals surface area contributed by atoms with Crippen LogP contribution in [0.5, 0.6) is 0 Å². The number of nitrogens with one attached hydrogen (secondary N) is 1. The molecule has 76 valence electrons. The highest BCUT2D eigenvalue weighted by Gasteiger charge is 2.00. The van der Waals surface area contributed by atoms with Crippen molar-refractivity contribution in [2.45, 2.75) is 12.7 Å². The first-order chi connectivity index (χ1) is 6.58. The van der Waals surface area contributed by atoms with Gasteiger partial charge in [-0.25, -0.2) is 4.21 Å². The standard InChI is InChI=1S/C9H11NO3S/c1-7(11)10-9-4-2-3-8(5-9)6-14(12)13/h2-5H,6H2,1H3,(H,10,11)(H,12,13). The van der Waals surface area contributed by atoms with E-state index in [1.807, 2.05) is 0 Å². The van der Waals surface area contributed by atoms with E-state index in [1.54, 1.807) is 24.3 Å². The summed E-state index contributed by atoms with van der Waals surface area (Å²) in [4.78, 5) is 10.7. The van der Waals surface area contributed by atoms with Gasteiger partial charge in [0.1, 0.15) is 0 Å². The van der Waals surface area contributed by atoms with E-state index in [0.29, 0.717) is 5.69 Å². The fraction of sp³-hybridized carbons (Fsp3) is 0.222. The van der Waals surface area contributed by atoms with Crippen LogP contribution in [-0.4, -0.2) is 14.7 Å². The molecule has 2 N–H and O–H groups in total. The van der Waals surface area contributed by atoms with Gasteiger partial charge in [0.15, 0.2) is 11.1 Å². The molecule has 1 amide bonds. The van der Waals surface area contributed by atoms with E-state index in [-0.39, 0.29) is 11.7 Å². The molecule has 0 aliphatic heterocycles. The maximum absolute atomic E-state index is 10.7. The lowest BCUT2D eigenvalue weighted by molar-refractivity contribution is -0.114. The smallest absolute Gasteiger partial charge is 0.221 e. The quantitative estimate of drug-likeness (QED) is 0.745. The molecule has 0 radical (unpaired) electrons. The Kier molecular flexibility index (Phi) is 3.79. The van der Waals surface area contributed by atoms with Gasteiger partial charge >= 0.3 is 0 Å². The number of carbonyl (C=O) groups excluding carboxylic acids is 1. The van der Waals surface area contributed by atoms with Crippen molar-refractivity contribution in [3.05, 3.63) is 29.8 Å². The second-order valence-electron chi connectivity index (χ2n) is 2.85. The van der Waals surface area contributed by atoms with Crippen LogP contribution in [0.3, 0.4) is 0 Å². The van der Waals surface area contributed by atoms with Gasteiger partial charge in [0.05, 0.1) is 5.75 Å². The summed E-state index contributed by atoms with van der Waals surface area (Å²) in [5.74, 6) is -0.0831. The molecule has 1 rings (SSSR count). The highest BCUT2D eigenvalue weighted by Crippen LogP contribution is 2.11. The molecule has 1 atom stereocenters.